The molecule has 0 aliphatic heterocycles. The smallest absolute Gasteiger partial charge is 0.0587 e. The molecule has 18 heavy (non-hydrogen) atoms. The fourth-order valence-electron chi connectivity index (χ4n) is 2.27. The topological polar surface area (TPSA) is 26.2 Å². The lowest BCUT2D eigenvalue weighted by Crippen LogP contribution is -2.19. The van der Waals surface area contributed by atoms with E-state index in [0.29, 0.717) is 6.04 Å². The second-order valence-electron chi connectivity index (χ2n) is 4.84. The van der Waals surface area contributed by atoms with Crippen molar-refractivity contribution in [3.05, 3.63) is 36.0 Å². The van der Waals surface area contributed by atoms with Crippen LogP contribution in [0.5, 0.6) is 0 Å². The van der Waals surface area contributed by atoms with Crippen LogP contribution >= 0.6 is 0 Å². The van der Waals surface area contributed by atoms with E-state index in [1.807, 2.05) is 0 Å². The fraction of sp³-hybridized carbons (Fsp3) is 0.467. The Bertz CT molecular complexity index is 502. The van der Waals surface area contributed by atoms with Gasteiger partial charge in [-0.15, -0.1) is 0 Å². The minimum absolute atomic E-state index is 0.489. The fourth-order valence-corrected chi connectivity index (χ4v) is 2.27. The zero-order valence-electron chi connectivity index (χ0n) is 11.4. The third-order valence-corrected chi connectivity index (χ3v) is 3.18. The van der Waals surface area contributed by atoms with E-state index in [1.54, 1.807) is 7.11 Å². The van der Waals surface area contributed by atoms with Gasteiger partial charge in [-0.1, -0.05) is 18.2 Å². The summed E-state index contributed by atoms with van der Waals surface area (Å²) in [6, 6.07) is 9.17. The van der Waals surface area contributed by atoms with Crippen molar-refractivity contribution in [2.45, 2.75) is 26.4 Å². The van der Waals surface area contributed by atoms with Crippen molar-refractivity contribution >= 4 is 10.9 Å². The van der Waals surface area contributed by atoms with Gasteiger partial charge in [0.15, 0.2) is 0 Å². The van der Waals surface area contributed by atoms with Crippen LogP contribution in [0, 0.1) is 0 Å². The molecule has 0 radical (unpaired) electrons. The molecular weight excluding hydrogens is 224 g/mol. The normalized spacial score (nSPS) is 11.6. The third-order valence-electron chi connectivity index (χ3n) is 3.18. The summed E-state index contributed by atoms with van der Waals surface area (Å²) < 4.78 is 7.38. The van der Waals surface area contributed by atoms with Gasteiger partial charge in [0.25, 0.3) is 0 Å². The number of nitrogens with one attached hydrogen (secondary N) is 1. The van der Waals surface area contributed by atoms with Crippen molar-refractivity contribution in [2.75, 3.05) is 20.3 Å². The van der Waals surface area contributed by atoms with Crippen LogP contribution in [0.15, 0.2) is 30.5 Å². The lowest BCUT2D eigenvalue weighted by Gasteiger charge is -2.13. The number of fused-ring (bicyclic) bond motifs is 1. The molecule has 1 heterocycles. The highest BCUT2D eigenvalue weighted by Crippen LogP contribution is 2.23. The van der Waals surface area contributed by atoms with Crippen molar-refractivity contribution in [1.82, 2.24) is 9.88 Å². The molecule has 0 saturated carbocycles. The van der Waals surface area contributed by atoms with Gasteiger partial charge < -0.3 is 14.6 Å². The van der Waals surface area contributed by atoms with Gasteiger partial charge in [-0.05, 0) is 30.9 Å². The van der Waals surface area contributed by atoms with E-state index < -0.39 is 0 Å². The first-order chi connectivity index (χ1) is 8.74. The van der Waals surface area contributed by atoms with Crippen molar-refractivity contribution < 1.29 is 4.74 Å². The molecule has 0 atom stereocenters. The first-order valence-electron chi connectivity index (χ1n) is 6.52. The molecule has 1 aromatic heterocycles. The zero-order valence-corrected chi connectivity index (χ0v) is 11.4. The number of para-hydroxylation sites is 1. The first-order valence-corrected chi connectivity index (χ1v) is 6.52. The Hall–Kier alpha value is -1.32. The Labute approximate surface area is 109 Å². The highest BCUT2D eigenvalue weighted by atomic mass is 16.5. The Morgan fingerprint density at radius 2 is 2.11 bits per heavy atom. The molecule has 0 unspecified atom stereocenters. The van der Waals surface area contributed by atoms with E-state index >= 15 is 0 Å². The molecule has 0 bridgehead atoms. The molecule has 0 aliphatic carbocycles. The highest BCUT2D eigenvalue weighted by Gasteiger charge is 2.08. The van der Waals surface area contributed by atoms with Gasteiger partial charge in [0.2, 0.25) is 0 Å². The Morgan fingerprint density at radius 1 is 1.28 bits per heavy atom. The quantitative estimate of drug-likeness (QED) is 0.793. The SMILES string of the molecule is COCCNCc1cccc2ccn(C(C)C)c12. The summed E-state index contributed by atoms with van der Waals surface area (Å²) in [6.07, 6.45) is 2.17. The predicted octanol–water partition coefficient (Wildman–Crippen LogP) is 2.96. The van der Waals surface area contributed by atoms with Gasteiger partial charge in [-0.2, -0.15) is 0 Å². The predicted molar refractivity (Wildman–Crippen MR) is 75.9 cm³/mol. The van der Waals surface area contributed by atoms with Crippen molar-refractivity contribution in [3.8, 4) is 0 Å². The van der Waals surface area contributed by atoms with E-state index in [9.17, 15) is 0 Å². The summed E-state index contributed by atoms with van der Waals surface area (Å²) in [7, 11) is 1.73. The first kappa shape index (κ1) is 13.1. The van der Waals surface area contributed by atoms with Crippen LogP contribution in [0.4, 0.5) is 0 Å². The molecule has 0 saturated heterocycles. The molecule has 0 amide bonds. The molecule has 98 valence electrons. The number of hydrogen-bond donors (Lipinski definition) is 1. The van der Waals surface area contributed by atoms with E-state index in [1.165, 1.54) is 16.5 Å². The van der Waals surface area contributed by atoms with E-state index in [0.717, 1.165) is 19.7 Å². The maximum atomic E-state index is 5.05. The van der Waals surface area contributed by atoms with Crippen molar-refractivity contribution in [1.29, 1.82) is 0 Å². The second kappa shape index (κ2) is 6.03. The Morgan fingerprint density at radius 3 is 2.83 bits per heavy atom. The number of benzene rings is 1. The zero-order chi connectivity index (χ0) is 13.0. The van der Waals surface area contributed by atoms with Crippen LogP contribution in [0.1, 0.15) is 25.5 Å². The maximum absolute atomic E-state index is 5.05. The molecule has 3 heteroatoms. The monoisotopic (exact) mass is 246 g/mol. The average Bonchev–Trinajstić information content (AvgIpc) is 2.79. The largest absolute Gasteiger partial charge is 0.383 e. The molecule has 0 spiro atoms. The molecule has 2 rings (SSSR count). The molecule has 1 N–H and O–H groups in total. The molecule has 1 aromatic carbocycles. The number of ether oxygens (including phenoxy) is 1. The number of aromatic nitrogens is 1. The highest BCUT2D eigenvalue weighted by molar-refractivity contribution is 5.83. The number of hydrogen-bond acceptors (Lipinski definition) is 2. The van der Waals surface area contributed by atoms with Crippen LogP contribution in [0.25, 0.3) is 10.9 Å². The van der Waals surface area contributed by atoms with Crippen molar-refractivity contribution in [3.63, 3.8) is 0 Å². The van der Waals surface area contributed by atoms with Crippen molar-refractivity contribution in [2.24, 2.45) is 0 Å². The minimum atomic E-state index is 0.489. The summed E-state index contributed by atoms with van der Waals surface area (Å²) >= 11 is 0. The second-order valence-corrected chi connectivity index (χ2v) is 4.84. The van der Waals surface area contributed by atoms with E-state index in [2.05, 4.69) is 54.2 Å². The maximum Gasteiger partial charge on any atom is 0.0587 e. The van der Waals surface area contributed by atoms with Gasteiger partial charge in [0, 0.05) is 32.4 Å². The van der Waals surface area contributed by atoms with Crippen LogP contribution < -0.4 is 5.32 Å². The Kier molecular flexibility index (Phi) is 4.39. The number of methoxy groups -OCH3 is 1. The van der Waals surface area contributed by atoms with Gasteiger partial charge in [-0.3, -0.25) is 0 Å². The Balaban J connectivity index is 2.23. The van der Waals surface area contributed by atoms with Gasteiger partial charge in [0.05, 0.1) is 12.1 Å². The molecule has 0 aliphatic rings. The standard InChI is InChI=1S/C15H22N2O/c1-12(2)17-9-7-13-5-4-6-14(15(13)17)11-16-8-10-18-3/h4-7,9,12,16H,8,10-11H2,1-3H3. The van der Waals surface area contributed by atoms with Crippen LogP contribution in [0.3, 0.4) is 0 Å². The summed E-state index contributed by atoms with van der Waals surface area (Å²) in [6.45, 7) is 6.96. The van der Waals surface area contributed by atoms with Crippen LogP contribution in [-0.4, -0.2) is 24.8 Å². The minimum Gasteiger partial charge on any atom is -0.383 e. The molecular formula is C15H22N2O. The number of nitrogens with zero attached hydrogens (tertiary/aromatic N) is 1. The number of rotatable bonds is 6. The molecule has 0 fully saturated rings. The van der Waals surface area contributed by atoms with Gasteiger partial charge in [-0.25, -0.2) is 0 Å². The summed E-state index contributed by atoms with van der Waals surface area (Å²) in [5, 5.41) is 4.73. The van der Waals surface area contributed by atoms with E-state index in [-0.39, 0.29) is 0 Å². The summed E-state index contributed by atoms with van der Waals surface area (Å²) in [4.78, 5) is 0. The van der Waals surface area contributed by atoms with Crippen LogP contribution in [-0.2, 0) is 11.3 Å². The third kappa shape index (κ3) is 2.74. The lowest BCUT2D eigenvalue weighted by molar-refractivity contribution is 0.199. The van der Waals surface area contributed by atoms with Gasteiger partial charge in [0.1, 0.15) is 0 Å². The molecule has 2 aromatic rings. The van der Waals surface area contributed by atoms with Crippen LogP contribution in [0.2, 0.25) is 0 Å². The van der Waals surface area contributed by atoms with Gasteiger partial charge >= 0.3 is 0 Å². The summed E-state index contributed by atoms with van der Waals surface area (Å²) in [5.74, 6) is 0. The average molecular weight is 246 g/mol. The molecule has 3 nitrogen and oxygen atoms in total. The van der Waals surface area contributed by atoms with E-state index in [4.69, 9.17) is 4.74 Å². The summed E-state index contributed by atoms with van der Waals surface area (Å²) in [5.41, 5.74) is 2.69. The lowest BCUT2D eigenvalue weighted by atomic mass is 10.1.